The lowest BCUT2D eigenvalue weighted by molar-refractivity contribution is -0.113. The minimum Gasteiger partial charge on any atom is -0.495 e. The number of amides is 1. The number of nitrogens with one attached hydrogen (secondary N) is 1. The molecule has 4 rings (SSSR count). The molecule has 2 aromatic heterocycles. The first kappa shape index (κ1) is 20.2. The van der Waals surface area contributed by atoms with E-state index < -0.39 is 0 Å². The zero-order chi connectivity index (χ0) is 21.4. The van der Waals surface area contributed by atoms with Gasteiger partial charge < -0.3 is 10.1 Å². The van der Waals surface area contributed by atoms with Crippen LogP contribution in [0.2, 0.25) is 0 Å². The van der Waals surface area contributed by atoms with Crippen molar-refractivity contribution in [3.8, 4) is 5.75 Å². The summed E-state index contributed by atoms with van der Waals surface area (Å²) in [5.41, 5.74) is 7.04. The van der Waals surface area contributed by atoms with Gasteiger partial charge in [0.2, 0.25) is 5.91 Å². The van der Waals surface area contributed by atoms with Crippen LogP contribution in [0.4, 0.5) is 5.69 Å². The van der Waals surface area contributed by atoms with Gasteiger partial charge in [-0.25, -0.2) is 0 Å². The second kappa shape index (κ2) is 7.99. The van der Waals surface area contributed by atoms with E-state index in [2.05, 4.69) is 52.0 Å². The van der Waals surface area contributed by atoms with Crippen molar-refractivity contribution in [1.82, 2.24) is 14.6 Å². The van der Waals surface area contributed by atoms with Gasteiger partial charge >= 0.3 is 0 Å². The van der Waals surface area contributed by atoms with E-state index in [1.807, 2.05) is 32.0 Å². The van der Waals surface area contributed by atoms with Crippen LogP contribution >= 0.6 is 11.8 Å². The van der Waals surface area contributed by atoms with Crippen LogP contribution in [0.3, 0.4) is 0 Å². The molecule has 4 aromatic rings. The summed E-state index contributed by atoms with van der Waals surface area (Å²) >= 11 is 1.37. The first-order chi connectivity index (χ1) is 14.4. The number of aromatic nitrogens is 3. The fourth-order valence-electron chi connectivity index (χ4n) is 3.68. The number of anilines is 1. The maximum atomic E-state index is 12.6. The number of hydrogen-bond donors (Lipinski definition) is 1. The number of nitrogens with zero attached hydrogens (tertiary/aromatic N) is 3. The second-order valence-electron chi connectivity index (χ2n) is 7.52. The Kier molecular flexibility index (Phi) is 5.39. The number of benzene rings is 2. The third kappa shape index (κ3) is 3.73. The average molecular weight is 421 g/mol. The normalized spacial score (nSPS) is 11.2. The van der Waals surface area contributed by atoms with Crippen LogP contribution in [0, 0.1) is 27.7 Å². The van der Waals surface area contributed by atoms with E-state index in [-0.39, 0.29) is 11.7 Å². The molecular formula is C23H24N4O2S. The Balaban J connectivity index is 1.63. The number of fused-ring (bicyclic) bond motifs is 3. The summed E-state index contributed by atoms with van der Waals surface area (Å²) in [6, 6.07) is 12.2. The summed E-state index contributed by atoms with van der Waals surface area (Å²) in [7, 11) is 1.59. The smallest absolute Gasteiger partial charge is 0.234 e. The zero-order valence-corrected chi connectivity index (χ0v) is 18.6. The van der Waals surface area contributed by atoms with E-state index in [4.69, 9.17) is 4.74 Å². The topological polar surface area (TPSA) is 68.5 Å². The van der Waals surface area contributed by atoms with E-state index in [9.17, 15) is 4.79 Å². The molecule has 0 atom stereocenters. The van der Waals surface area contributed by atoms with Crippen molar-refractivity contribution in [2.75, 3.05) is 18.2 Å². The zero-order valence-electron chi connectivity index (χ0n) is 17.7. The molecule has 0 aliphatic carbocycles. The van der Waals surface area contributed by atoms with Crippen molar-refractivity contribution in [1.29, 1.82) is 0 Å². The van der Waals surface area contributed by atoms with E-state index in [1.165, 1.54) is 28.3 Å². The van der Waals surface area contributed by atoms with Gasteiger partial charge in [0, 0.05) is 5.39 Å². The van der Waals surface area contributed by atoms with Crippen molar-refractivity contribution in [3.63, 3.8) is 0 Å². The predicted octanol–water partition coefficient (Wildman–Crippen LogP) is 4.86. The number of carbonyl (C=O) groups is 1. The Labute approximate surface area is 179 Å². The maximum absolute atomic E-state index is 12.6. The number of hydrogen-bond acceptors (Lipinski definition) is 5. The lowest BCUT2D eigenvalue weighted by atomic mass is 10.0. The molecule has 0 saturated heterocycles. The van der Waals surface area contributed by atoms with Crippen molar-refractivity contribution < 1.29 is 9.53 Å². The number of pyridine rings is 1. The van der Waals surface area contributed by atoms with Gasteiger partial charge in [-0.05, 0) is 74.2 Å². The lowest BCUT2D eigenvalue weighted by Crippen LogP contribution is -2.15. The Morgan fingerprint density at radius 3 is 2.60 bits per heavy atom. The van der Waals surface area contributed by atoms with Gasteiger partial charge in [0.05, 0.1) is 24.1 Å². The Hall–Kier alpha value is -3.06. The van der Waals surface area contributed by atoms with Crippen LogP contribution in [0.1, 0.15) is 22.3 Å². The van der Waals surface area contributed by atoms with Crippen LogP contribution < -0.4 is 10.1 Å². The molecule has 0 spiro atoms. The third-order valence-corrected chi connectivity index (χ3v) is 5.99. The SMILES string of the molecule is COc1ccc(C)cc1NC(=O)CSc1nnc2c(C)cc3c(C)cc(C)cc3n12. The predicted molar refractivity (Wildman–Crippen MR) is 122 cm³/mol. The summed E-state index contributed by atoms with van der Waals surface area (Å²) < 4.78 is 7.40. The molecule has 0 radical (unpaired) electrons. The fraction of sp³-hybridized carbons (Fsp3) is 0.261. The third-order valence-electron chi connectivity index (χ3n) is 5.06. The van der Waals surface area contributed by atoms with Crippen LogP contribution in [-0.2, 0) is 4.79 Å². The standard InChI is InChI=1S/C23H24N4O2S/c1-13-6-7-20(29-5)18(9-13)24-21(28)12-30-23-26-25-22-16(4)11-17-15(3)8-14(2)10-19(17)27(22)23/h6-11H,12H2,1-5H3,(H,24,28). The van der Waals surface area contributed by atoms with Gasteiger partial charge in [0.15, 0.2) is 10.8 Å². The monoisotopic (exact) mass is 420 g/mol. The summed E-state index contributed by atoms with van der Waals surface area (Å²) in [5.74, 6) is 0.738. The minimum atomic E-state index is -0.120. The van der Waals surface area contributed by atoms with Crippen molar-refractivity contribution in [3.05, 3.63) is 58.7 Å². The Bertz CT molecular complexity index is 1280. The molecule has 0 unspecified atom stereocenters. The van der Waals surface area contributed by atoms with E-state index >= 15 is 0 Å². The Morgan fingerprint density at radius 2 is 1.83 bits per heavy atom. The molecule has 154 valence electrons. The van der Waals surface area contributed by atoms with Crippen LogP contribution in [0.25, 0.3) is 16.6 Å². The molecule has 0 aliphatic heterocycles. The van der Waals surface area contributed by atoms with Crippen molar-refractivity contribution >= 4 is 39.9 Å². The number of thioether (sulfide) groups is 1. The summed E-state index contributed by atoms with van der Waals surface area (Å²) in [6.45, 7) is 8.20. The number of carbonyl (C=O) groups excluding carboxylic acids is 1. The highest BCUT2D eigenvalue weighted by molar-refractivity contribution is 7.99. The average Bonchev–Trinajstić information content (AvgIpc) is 3.13. The molecule has 0 fully saturated rings. The van der Waals surface area contributed by atoms with Gasteiger partial charge in [0.1, 0.15) is 5.75 Å². The summed E-state index contributed by atoms with van der Waals surface area (Å²) in [4.78, 5) is 12.6. The van der Waals surface area contributed by atoms with Gasteiger partial charge in [-0.1, -0.05) is 23.9 Å². The Morgan fingerprint density at radius 1 is 1.03 bits per heavy atom. The quantitative estimate of drug-likeness (QED) is 0.467. The van der Waals surface area contributed by atoms with Crippen LogP contribution in [-0.4, -0.2) is 33.4 Å². The molecule has 6 nitrogen and oxygen atoms in total. The molecule has 0 aliphatic rings. The van der Waals surface area contributed by atoms with Crippen molar-refractivity contribution in [2.45, 2.75) is 32.9 Å². The van der Waals surface area contributed by atoms with E-state index in [0.29, 0.717) is 16.6 Å². The molecule has 1 N–H and O–H groups in total. The highest BCUT2D eigenvalue weighted by Crippen LogP contribution is 2.29. The maximum Gasteiger partial charge on any atom is 0.234 e. The van der Waals surface area contributed by atoms with Gasteiger partial charge in [-0.2, -0.15) is 0 Å². The second-order valence-corrected chi connectivity index (χ2v) is 8.47. The first-order valence-electron chi connectivity index (χ1n) is 9.70. The van der Waals surface area contributed by atoms with Gasteiger partial charge in [0.25, 0.3) is 0 Å². The van der Waals surface area contributed by atoms with Gasteiger partial charge in [-0.15, -0.1) is 10.2 Å². The van der Waals surface area contributed by atoms with E-state index in [1.54, 1.807) is 7.11 Å². The number of ether oxygens (including phenoxy) is 1. The van der Waals surface area contributed by atoms with Crippen LogP contribution in [0.15, 0.2) is 41.6 Å². The molecule has 30 heavy (non-hydrogen) atoms. The van der Waals surface area contributed by atoms with Crippen molar-refractivity contribution in [2.24, 2.45) is 0 Å². The fourth-order valence-corrected chi connectivity index (χ4v) is 4.43. The number of rotatable bonds is 5. The van der Waals surface area contributed by atoms with Crippen LogP contribution in [0.5, 0.6) is 5.75 Å². The number of methoxy groups -OCH3 is 1. The molecule has 2 aromatic carbocycles. The lowest BCUT2D eigenvalue weighted by Gasteiger charge is -2.12. The highest BCUT2D eigenvalue weighted by atomic mass is 32.2. The summed E-state index contributed by atoms with van der Waals surface area (Å²) in [5, 5.41) is 13.5. The first-order valence-corrected chi connectivity index (χ1v) is 10.7. The molecule has 2 heterocycles. The molecule has 7 heteroatoms. The van der Waals surface area contributed by atoms with E-state index in [0.717, 1.165) is 22.3 Å². The van der Waals surface area contributed by atoms with Gasteiger partial charge in [-0.3, -0.25) is 9.20 Å². The molecule has 0 bridgehead atoms. The molecular weight excluding hydrogens is 396 g/mol. The largest absolute Gasteiger partial charge is 0.495 e. The molecule has 0 saturated carbocycles. The number of aryl methyl sites for hydroxylation is 4. The summed E-state index contributed by atoms with van der Waals surface area (Å²) in [6.07, 6.45) is 0. The minimum absolute atomic E-state index is 0.120. The highest BCUT2D eigenvalue weighted by Gasteiger charge is 2.16. The molecule has 1 amide bonds.